The van der Waals surface area contributed by atoms with Gasteiger partial charge in [-0.05, 0) is 35.9 Å². The third-order valence-corrected chi connectivity index (χ3v) is 6.12. The van der Waals surface area contributed by atoms with Crippen molar-refractivity contribution in [3.05, 3.63) is 62.2 Å². The third-order valence-electron chi connectivity index (χ3n) is 3.34. The molecule has 3 rings (SSSR count). The maximum atomic E-state index is 12.3. The molecular formula is C15H13BrN2O3S2. The summed E-state index contributed by atoms with van der Waals surface area (Å²) >= 11 is 4.41. The molecule has 1 aromatic heterocycles. The molecule has 0 atom stereocenters. The van der Waals surface area contributed by atoms with Crippen molar-refractivity contribution in [1.29, 1.82) is 0 Å². The van der Waals surface area contributed by atoms with Gasteiger partial charge in [0.1, 0.15) is 0 Å². The molecule has 0 radical (unpaired) electrons. The van der Waals surface area contributed by atoms with Crippen molar-refractivity contribution in [3.8, 4) is 0 Å². The van der Waals surface area contributed by atoms with Crippen molar-refractivity contribution in [1.82, 2.24) is 4.57 Å². The maximum Gasteiger partial charge on any atom is 0.307 e. The number of hydrogen-bond acceptors (Lipinski definition) is 4. The lowest BCUT2D eigenvalue weighted by molar-refractivity contribution is 0.600. The van der Waals surface area contributed by atoms with Gasteiger partial charge in [0.25, 0.3) is 0 Å². The maximum absolute atomic E-state index is 12.3. The van der Waals surface area contributed by atoms with Gasteiger partial charge in [-0.25, -0.2) is 8.42 Å². The van der Waals surface area contributed by atoms with Crippen LogP contribution in [0.5, 0.6) is 0 Å². The third kappa shape index (κ3) is 3.65. The number of thiazole rings is 1. The Kier molecular flexibility index (Phi) is 4.31. The van der Waals surface area contributed by atoms with Gasteiger partial charge in [0.2, 0.25) is 10.0 Å². The molecule has 0 saturated heterocycles. The fourth-order valence-corrected chi connectivity index (χ4v) is 4.59. The summed E-state index contributed by atoms with van der Waals surface area (Å²) in [6.07, 6.45) is 0. The van der Waals surface area contributed by atoms with Gasteiger partial charge in [0, 0.05) is 11.5 Å². The molecule has 0 saturated carbocycles. The van der Waals surface area contributed by atoms with Crippen LogP contribution in [0.3, 0.4) is 0 Å². The summed E-state index contributed by atoms with van der Waals surface area (Å²) in [4.78, 5) is 11.6. The molecule has 0 aliphatic carbocycles. The van der Waals surface area contributed by atoms with Crippen LogP contribution in [-0.4, -0.2) is 13.0 Å². The molecule has 0 unspecified atom stereocenters. The highest BCUT2D eigenvalue weighted by Gasteiger charge is 2.13. The van der Waals surface area contributed by atoms with Gasteiger partial charge in [-0.3, -0.25) is 9.52 Å². The first kappa shape index (κ1) is 16.2. The van der Waals surface area contributed by atoms with Crippen molar-refractivity contribution in [2.24, 2.45) is 7.05 Å². The van der Waals surface area contributed by atoms with Crippen LogP contribution in [-0.2, 0) is 22.8 Å². The summed E-state index contributed by atoms with van der Waals surface area (Å²) in [6, 6.07) is 12.2. The number of aromatic nitrogens is 1. The molecule has 1 N–H and O–H groups in total. The lowest BCUT2D eigenvalue weighted by Gasteiger charge is -2.08. The lowest BCUT2D eigenvalue weighted by Crippen LogP contribution is -2.15. The first-order chi connectivity index (χ1) is 10.8. The van der Waals surface area contributed by atoms with E-state index in [4.69, 9.17) is 0 Å². The average Bonchev–Trinajstić information content (AvgIpc) is 2.75. The highest BCUT2D eigenvalue weighted by Crippen LogP contribution is 2.22. The highest BCUT2D eigenvalue weighted by molar-refractivity contribution is 9.10. The minimum absolute atomic E-state index is 0.0742. The van der Waals surface area contributed by atoms with Crippen LogP contribution in [0.1, 0.15) is 5.56 Å². The second kappa shape index (κ2) is 6.10. The molecule has 0 aliphatic heterocycles. The van der Waals surface area contributed by atoms with Crippen molar-refractivity contribution >= 4 is 53.2 Å². The first-order valence-electron chi connectivity index (χ1n) is 6.68. The first-order valence-corrected chi connectivity index (χ1v) is 9.95. The number of anilines is 1. The fourth-order valence-electron chi connectivity index (χ4n) is 2.21. The molecule has 3 aromatic rings. The van der Waals surface area contributed by atoms with E-state index in [2.05, 4.69) is 20.7 Å². The van der Waals surface area contributed by atoms with Crippen LogP contribution in [0.15, 0.2) is 51.7 Å². The average molecular weight is 413 g/mol. The van der Waals surface area contributed by atoms with Crippen molar-refractivity contribution in [2.75, 3.05) is 4.72 Å². The zero-order chi connectivity index (χ0) is 16.6. The van der Waals surface area contributed by atoms with Crippen molar-refractivity contribution in [3.63, 3.8) is 0 Å². The van der Waals surface area contributed by atoms with E-state index >= 15 is 0 Å². The van der Waals surface area contributed by atoms with Crippen LogP contribution in [0, 0.1) is 0 Å². The topological polar surface area (TPSA) is 68.2 Å². The Hall–Kier alpha value is -1.64. The summed E-state index contributed by atoms with van der Waals surface area (Å²) < 4.78 is 30.3. The van der Waals surface area contributed by atoms with E-state index < -0.39 is 10.0 Å². The Morgan fingerprint density at radius 3 is 2.57 bits per heavy atom. The second-order valence-electron chi connectivity index (χ2n) is 5.10. The summed E-state index contributed by atoms with van der Waals surface area (Å²) in [5.74, 6) is -0.108. The summed E-state index contributed by atoms with van der Waals surface area (Å²) in [7, 11) is -1.83. The number of fused-ring (bicyclic) bond motifs is 1. The quantitative estimate of drug-likeness (QED) is 0.714. The molecule has 23 heavy (non-hydrogen) atoms. The Morgan fingerprint density at radius 2 is 1.87 bits per heavy atom. The minimum atomic E-state index is -3.52. The second-order valence-corrected chi connectivity index (χ2v) is 8.73. The van der Waals surface area contributed by atoms with E-state index in [0.717, 1.165) is 26.0 Å². The summed E-state index contributed by atoms with van der Waals surface area (Å²) in [6.45, 7) is 0. The Bertz CT molecular complexity index is 1020. The van der Waals surface area contributed by atoms with Gasteiger partial charge >= 0.3 is 4.87 Å². The molecule has 2 aromatic carbocycles. The van der Waals surface area contributed by atoms with E-state index in [9.17, 15) is 13.2 Å². The van der Waals surface area contributed by atoms with Gasteiger partial charge in [-0.1, -0.05) is 39.4 Å². The summed E-state index contributed by atoms with van der Waals surface area (Å²) in [5.41, 5.74) is 1.94. The molecule has 0 aliphatic rings. The van der Waals surface area contributed by atoms with Gasteiger partial charge in [-0.15, -0.1) is 0 Å². The predicted octanol–water partition coefficient (Wildman–Crippen LogP) is 3.30. The Morgan fingerprint density at radius 1 is 1.17 bits per heavy atom. The Balaban J connectivity index is 1.85. The standard InChI is InChI=1S/C15H13BrN2O3S2/c1-18-13-7-6-12(8-14(13)22-15(18)19)17-23(20,21)9-10-2-4-11(16)5-3-10/h2-8,17H,9H2,1H3. The van der Waals surface area contributed by atoms with E-state index in [1.54, 1.807) is 54.1 Å². The molecule has 0 fully saturated rings. The molecule has 8 heteroatoms. The molecule has 0 bridgehead atoms. The molecule has 0 spiro atoms. The number of sulfonamides is 1. The van der Waals surface area contributed by atoms with Crippen LogP contribution in [0.4, 0.5) is 5.69 Å². The molecule has 1 heterocycles. The number of nitrogens with zero attached hydrogens (tertiary/aromatic N) is 1. The zero-order valence-electron chi connectivity index (χ0n) is 12.1. The number of rotatable bonds is 4. The molecule has 5 nitrogen and oxygen atoms in total. The molecular weight excluding hydrogens is 400 g/mol. The van der Waals surface area contributed by atoms with Gasteiger partial charge in [0.05, 0.1) is 21.7 Å². The highest BCUT2D eigenvalue weighted by atomic mass is 79.9. The molecule has 0 amide bonds. The van der Waals surface area contributed by atoms with E-state index in [-0.39, 0.29) is 10.6 Å². The number of aryl methyl sites for hydroxylation is 1. The van der Waals surface area contributed by atoms with E-state index in [1.165, 1.54) is 0 Å². The number of benzene rings is 2. The van der Waals surface area contributed by atoms with Crippen LogP contribution >= 0.6 is 27.3 Å². The zero-order valence-corrected chi connectivity index (χ0v) is 15.3. The van der Waals surface area contributed by atoms with Crippen LogP contribution < -0.4 is 9.60 Å². The largest absolute Gasteiger partial charge is 0.307 e. The van der Waals surface area contributed by atoms with E-state index in [1.807, 2.05) is 0 Å². The smallest absolute Gasteiger partial charge is 0.302 e. The van der Waals surface area contributed by atoms with Gasteiger partial charge in [-0.2, -0.15) is 0 Å². The van der Waals surface area contributed by atoms with Crippen molar-refractivity contribution in [2.45, 2.75) is 5.75 Å². The van der Waals surface area contributed by atoms with Crippen LogP contribution in [0.2, 0.25) is 0 Å². The number of nitrogens with one attached hydrogen (secondary N) is 1. The number of halogens is 1. The lowest BCUT2D eigenvalue weighted by atomic mass is 10.2. The van der Waals surface area contributed by atoms with E-state index in [0.29, 0.717) is 11.3 Å². The normalized spacial score (nSPS) is 11.7. The summed E-state index contributed by atoms with van der Waals surface area (Å²) in [5, 5.41) is 0. The van der Waals surface area contributed by atoms with Crippen LogP contribution in [0.25, 0.3) is 10.2 Å². The van der Waals surface area contributed by atoms with Gasteiger partial charge < -0.3 is 4.57 Å². The number of hydrogen-bond donors (Lipinski definition) is 1. The molecule has 120 valence electrons. The minimum Gasteiger partial charge on any atom is -0.302 e. The fraction of sp³-hybridized carbons (Fsp3) is 0.133. The predicted molar refractivity (Wildman–Crippen MR) is 97.5 cm³/mol. The van der Waals surface area contributed by atoms with Gasteiger partial charge in [0.15, 0.2) is 0 Å². The SMILES string of the molecule is Cn1c(=O)sc2cc(NS(=O)(=O)Cc3ccc(Br)cc3)ccc21. The Labute approximate surface area is 145 Å². The van der Waals surface area contributed by atoms with Crippen molar-refractivity contribution < 1.29 is 8.42 Å². The monoisotopic (exact) mass is 412 g/mol.